The minimum Gasteiger partial charge on any atom is -0.457 e. The van der Waals surface area contributed by atoms with E-state index in [2.05, 4.69) is 64.4 Å². The Morgan fingerprint density at radius 2 is 1.75 bits per heavy atom. The molecule has 10 rings (SSSR count). The van der Waals surface area contributed by atoms with Crippen molar-refractivity contribution in [2.75, 3.05) is 68.4 Å². The smallest absolute Gasteiger partial charge is 0.251 e. The Hall–Kier alpha value is -7.06. The summed E-state index contributed by atoms with van der Waals surface area (Å²) in [5.74, 6) is 0.527. The molecule has 2 aliphatic rings. The number of para-hydroxylation sites is 1. The van der Waals surface area contributed by atoms with Crippen molar-refractivity contribution in [2.45, 2.75) is 25.4 Å². The number of aromatic nitrogens is 10. The highest BCUT2D eigenvalue weighted by Crippen LogP contribution is 2.35. The second-order valence-corrected chi connectivity index (χ2v) is 16.8. The second kappa shape index (κ2) is 16.9. The highest BCUT2D eigenvalue weighted by atomic mass is 79.9. The summed E-state index contributed by atoms with van der Waals surface area (Å²) in [6.07, 6.45) is 4.48. The highest BCUT2D eigenvalue weighted by Gasteiger charge is 2.32. The van der Waals surface area contributed by atoms with Gasteiger partial charge in [-0.15, -0.1) is 0 Å². The van der Waals surface area contributed by atoms with Crippen molar-refractivity contribution in [1.82, 2.24) is 59.1 Å². The third kappa shape index (κ3) is 7.82. The number of likely N-dealkylation sites (tertiary alicyclic amines) is 1. The molecule has 0 aliphatic carbocycles. The van der Waals surface area contributed by atoms with E-state index in [0.717, 1.165) is 36.9 Å². The molecule has 0 spiro atoms. The van der Waals surface area contributed by atoms with Gasteiger partial charge in [-0.25, -0.2) is 28.4 Å². The van der Waals surface area contributed by atoms with E-state index in [0.29, 0.717) is 94.3 Å². The van der Waals surface area contributed by atoms with Gasteiger partial charge in [0.05, 0.1) is 40.7 Å². The standard InChI is InChI=1S/C44H42BrF2N15O2/c1-26(22-60(24-34-52-33-15-14-32(46)36(47)38(33)53-34)44-55-43(58-19-17-57(2)18-20-58)54-40-31(45)21-51-62(40)44)42(63)59-16-6-7-28(23-59)61-41-35(39(48)49-25-50-41)37(56-61)27-10-12-30(13-11-27)64-29-8-4-3-5-9-29/h3-5,8-15,21,25,28H,1,6-7,16-20,22-24H2,2H3,(H,52,53)(H2,48,49,50)/t28-/m1/s1. The van der Waals surface area contributed by atoms with Crippen LogP contribution in [-0.2, 0) is 11.3 Å². The molecule has 0 saturated carbocycles. The van der Waals surface area contributed by atoms with Crippen molar-refractivity contribution in [3.05, 3.63) is 113 Å². The van der Waals surface area contributed by atoms with Gasteiger partial charge in [0.15, 0.2) is 22.9 Å². The van der Waals surface area contributed by atoms with Crippen molar-refractivity contribution in [2.24, 2.45) is 0 Å². The molecule has 8 aromatic rings. The average Bonchev–Trinajstić information content (AvgIpc) is 4.03. The fourth-order valence-corrected chi connectivity index (χ4v) is 8.67. The zero-order valence-electron chi connectivity index (χ0n) is 34.7. The van der Waals surface area contributed by atoms with Gasteiger partial charge < -0.3 is 35.1 Å². The molecule has 326 valence electrons. The summed E-state index contributed by atoms with van der Waals surface area (Å²) in [4.78, 5) is 48.8. The molecule has 64 heavy (non-hydrogen) atoms. The number of nitrogen functional groups attached to an aromatic ring is 1. The summed E-state index contributed by atoms with van der Waals surface area (Å²) in [7, 11) is 2.07. The number of hydrogen-bond donors (Lipinski definition) is 2. The number of nitrogens with zero attached hydrogens (tertiary/aromatic N) is 13. The van der Waals surface area contributed by atoms with E-state index in [9.17, 15) is 13.6 Å². The number of imidazole rings is 1. The van der Waals surface area contributed by atoms with Gasteiger partial charge >= 0.3 is 0 Å². The molecule has 1 atom stereocenters. The lowest BCUT2D eigenvalue weighted by Crippen LogP contribution is -2.45. The number of aromatic amines is 1. The van der Waals surface area contributed by atoms with Crippen LogP contribution >= 0.6 is 15.9 Å². The number of nitrogens with two attached hydrogens (primary N) is 1. The van der Waals surface area contributed by atoms with Crippen LogP contribution in [0.5, 0.6) is 11.5 Å². The van der Waals surface area contributed by atoms with Crippen LogP contribution in [0.1, 0.15) is 24.7 Å². The lowest BCUT2D eigenvalue weighted by atomic mass is 10.0. The number of carbonyl (C=O) groups excluding carboxylic acids is 1. The Bertz CT molecular complexity index is 3040. The van der Waals surface area contributed by atoms with Gasteiger partial charge in [-0.05, 0) is 84.4 Å². The van der Waals surface area contributed by atoms with Gasteiger partial charge in [0.2, 0.25) is 11.9 Å². The number of carbonyl (C=O) groups is 1. The maximum Gasteiger partial charge on any atom is 0.251 e. The fraction of sp³-hybridized carbons (Fsp3) is 0.273. The van der Waals surface area contributed by atoms with E-state index in [1.807, 2.05) is 59.3 Å². The molecule has 2 aliphatic heterocycles. The minimum atomic E-state index is -1.05. The highest BCUT2D eigenvalue weighted by molar-refractivity contribution is 9.10. The summed E-state index contributed by atoms with van der Waals surface area (Å²) >= 11 is 3.60. The monoisotopic (exact) mass is 929 g/mol. The first-order valence-corrected chi connectivity index (χ1v) is 21.6. The SMILES string of the molecule is C=C(CN(Cc1nc2c(F)c(F)ccc2[nH]1)c1nc(N2CCN(C)CC2)nc2c(Br)cnn12)C(=O)N1CCC[C@@H](n2nc(-c3ccc(Oc4ccccc4)cc3)c3c(N)ncnc32)C1. The largest absolute Gasteiger partial charge is 0.457 e. The predicted molar refractivity (Wildman–Crippen MR) is 241 cm³/mol. The molecule has 0 radical (unpaired) electrons. The molecule has 20 heteroatoms. The Morgan fingerprint density at radius 3 is 2.55 bits per heavy atom. The predicted octanol–water partition coefficient (Wildman–Crippen LogP) is 6.40. The number of halogens is 3. The Morgan fingerprint density at radius 1 is 0.969 bits per heavy atom. The zero-order chi connectivity index (χ0) is 44.1. The molecule has 3 aromatic carbocycles. The number of amides is 1. The number of H-pyrrole nitrogens is 1. The number of hydrogen-bond acceptors (Lipinski definition) is 13. The van der Waals surface area contributed by atoms with Gasteiger partial charge in [-0.3, -0.25) is 4.79 Å². The third-order valence-electron chi connectivity index (χ3n) is 11.6. The van der Waals surface area contributed by atoms with Crippen LogP contribution in [0.4, 0.5) is 26.5 Å². The molecule has 7 heterocycles. The topological polar surface area (TPSA) is 181 Å². The summed E-state index contributed by atoms with van der Waals surface area (Å²) in [5, 5.41) is 10.3. The summed E-state index contributed by atoms with van der Waals surface area (Å²) in [6.45, 7) is 8.18. The molecule has 17 nitrogen and oxygen atoms in total. The molecule has 0 bridgehead atoms. The van der Waals surface area contributed by atoms with Crippen LogP contribution in [0.2, 0.25) is 0 Å². The number of nitrogens with one attached hydrogen (secondary N) is 1. The van der Waals surface area contributed by atoms with E-state index in [1.165, 1.54) is 12.4 Å². The fourth-order valence-electron chi connectivity index (χ4n) is 8.32. The van der Waals surface area contributed by atoms with Crippen LogP contribution in [0.3, 0.4) is 0 Å². The summed E-state index contributed by atoms with van der Waals surface area (Å²) in [5.41, 5.74) is 9.45. The number of piperazine rings is 1. The molecule has 5 aromatic heterocycles. The number of anilines is 3. The van der Waals surface area contributed by atoms with Crippen molar-refractivity contribution in [3.8, 4) is 22.8 Å². The number of likely N-dealkylation sites (N-methyl/N-ethyl adjacent to an activating group) is 1. The van der Waals surface area contributed by atoms with Gasteiger partial charge in [-0.1, -0.05) is 24.8 Å². The van der Waals surface area contributed by atoms with Crippen molar-refractivity contribution < 1.29 is 18.3 Å². The zero-order valence-corrected chi connectivity index (χ0v) is 36.3. The van der Waals surface area contributed by atoms with E-state index < -0.39 is 11.6 Å². The molecule has 1 amide bonds. The van der Waals surface area contributed by atoms with E-state index in [1.54, 1.807) is 20.5 Å². The lowest BCUT2D eigenvalue weighted by Gasteiger charge is -2.34. The van der Waals surface area contributed by atoms with Crippen LogP contribution in [0.25, 0.3) is 39.0 Å². The quantitative estimate of drug-likeness (QED) is 0.136. The average molecular weight is 931 g/mol. The Balaban J connectivity index is 0.941. The summed E-state index contributed by atoms with van der Waals surface area (Å²) < 4.78 is 39.3. The van der Waals surface area contributed by atoms with E-state index in [4.69, 9.17) is 25.5 Å². The van der Waals surface area contributed by atoms with Crippen molar-refractivity contribution >= 4 is 67.3 Å². The first-order chi connectivity index (χ1) is 31.1. The van der Waals surface area contributed by atoms with Gasteiger partial charge in [0.1, 0.15) is 40.7 Å². The maximum atomic E-state index is 14.9. The van der Waals surface area contributed by atoms with Crippen LogP contribution in [0.15, 0.2) is 95.9 Å². The number of piperidine rings is 1. The van der Waals surface area contributed by atoms with Crippen LogP contribution in [-0.4, -0.2) is 118 Å². The number of ether oxygens (including phenoxy) is 1. The third-order valence-corrected chi connectivity index (χ3v) is 12.2. The number of fused-ring (bicyclic) bond motifs is 3. The van der Waals surface area contributed by atoms with Gasteiger partial charge in [-0.2, -0.15) is 24.7 Å². The molecule has 2 saturated heterocycles. The normalized spacial score (nSPS) is 16.0. The molecule has 0 unspecified atom stereocenters. The first kappa shape index (κ1) is 41.0. The lowest BCUT2D eigenvalue weighted by molar-refractivity contribution is -0.128. The van der Waals surface area contributed by atoms with E-state index >= 15 is 0 Å². The second-order valence-electron chi connectivity index (χ2n) is 16.0. The Labute approximate surface area is 373 Å². The molecular weight excluding hydrogens is 888 g/mol. The summed E-state index contributed by atoms with van der Waals surface area (Å²) in [6, 6.07) is 19.4. The van der Waals surface area contributed by atoms with Crippen molar-refractivity contribution in [1.29, 1.82) is 0 Å². The van der Waals surface area contributed by atoms with E-state index in [-0.39, 0.29) is 36.1 Å². The maximum absolute atomic E-state index is 14.9. The minimum absolute atomic E-state index is 0.0117. The van der Waals surface area contributed by atoms with Crippen LogP contribution in [0, 0.1) is 11.6 Å². The number of benzene rings is 3. The number of rotatable bonds is 11. The Kier molecular flexibility index (Phi) is 10.8. The van der Waals surface area contributed by atoms with Gasteiger partial charge in [0.25, 0.3) is 5.91 Å². The first-order valence-electron chi connectivity index (χ1n) is 20.8. The van der Waals surface area contributed by atoms with Crippen LogP contribution < -0.4 is 20.3 Å². The van der Waals surface area contributed by atoms with Crippen molar-refractivity contribution in [3.63, 3.8) is 0 Å². The molecule has 2 fully saturated rings. The van der Waals surface area contributed by atoms with Gasteiger partial charge in [0, 0.05) is 50.4 Å². The molecule has 3 N–H and O–H groups in total. The molecular formula is C44H42BrF2N15O2.